The highest BCUT2D eigenvalue weighted by Gasteiger charge is 2.31. The van der Waals surface area contributed by atoms with E-state index in [0.717, 1.165) is 64.5 Å². The van der Waals surface area contributed by atoms with Gasteiger partial charge in [-0.1, -0.05) is 20.3 Å². The normalized spacial score (nSPS) is 24.7. The van der Waals surface area contributed by atoms with Crippen molar-refractivity contribution in [1.29, 1.82) is 0 Å². The van der Waals surface area contributed by atoms with E-state index in [9.17, 15) is 4.79 Å². The predicted octanol–water partition coefficient (Wildman–Crippen LogP) is 3.06. The van der Waals surface area contributed by atoms with Crippen LogP contribution in [0.3, 0.4) is 0 Å². The summed E-state index contributed by atoms with van der Waals surface area (Å²) in [7, 11) is 1.90. The third-order valence-corrected chi connectivity index (χ3v) is 6.32. The van der Waals surface area contributed by atoms with E-state index < -0.39 is 0 Å². The highest BCUT2D eigenvalue weighted by molar-refractivity contribution is 14.0. The number of nitrogens with one attached hydrogen (secondary N) is 1. The zero-order chi connectivity index (χ0) is 19.7. The molecule has 2 saturated heterocycles. The van der Waals surface area contributed by atoms with E-state index in [2.05, 4.69) is 34.0 Å². The molecule has 0 radical (unpaired) electrons. The highest BCUT2D eigenvalue weighted by Crippen LogP contribution is 2.33. The van der Waals surface area contributed by atoms with Gasteiger partial charge in [-0.15, -0.1) is 24.0 Å². The zero-order valence-corrected chi connectivity index (χ0v) is 20.5. The van der Waals surface area contributed by atoms with E-state index in [0.29, 0.717) is 5.41 Å². The summed E-state index contributed by atoms with van der Waals surface area (Å²) in [6.07, 6.45) is 9.32. The van der Waals surface area contributed by atoms with E-state index in [1.54, 1.807) is 0 Å². The summed E-state index contributed by atoms with van der Waals surface area (Å²) in [5.41, 5.74) is 5.84. The number of nitrogens with zero attached hydrogens (tertiary/aromatic N) is 3. The predicted molar refractivity (Wildman–Crippen MR) is 128 cm³/mol. The molecule has 1 atom stereocenters. The van der Waals surface area contributed by atoms with Crippen molar-refractivity contribution >= 4 is 35.8 Å². The molecule has 1 amide bonds. The van der Waals surface area contributed by atoms with Crippen molar-refractivity contribution in [2.45, 2.75) is 65.2 Å². The minimum atomic E-state index is -0.127. The van der Waals surface area contributed by atoms with Gasteiger partial charge in [0.25, 0.3) is 0 Å². The summed E-state index contributed by atoms with van der Waals surface area (Å²) in [6, 6.07) is 0. The Balaban J connectivity index is 0.00000392. The van der Waals surface area contributed by atoms with Gasteiger partial charge in [-0.2, -0.15) is 0 Å². The molecule has 2 heterocycles. The van der Waals surface area contributed by atoms with Gasteiger partial charge < -0.3 is 20.9 Å². The zero-order valence-electron chi connectivity index (χ0n) is 18.2. The Bertz CT molecular complexity index is 489. The molecule has 7 heteroatoms. The number of likely N-dealkylation sites (tertiary alicyclic amines) is 2. The van der Waals surface area contributed by atoms with Gasteiger partial charge in [-0.05, 0) is 70.0 Å². The summed E-state index contributed by atoms with van der Waals surface area (Å²) >= 11 is 0. The van der Waals surface area contributed by atoms with E-state index in [4.69, 9.17) is 5.73 Å². The van der Waals surface area contributed by atoms with Crippen LogP contribution in [0.1, 0.15) is 65.2 Å². The summed E-state index contributed by atoms with van der Waals surface area (Å²) in [6.45, 7) is 11.1. The van der Waals surface area contributed by atoms with Crippen molar-refractivity contribution in [3.05, 3.63) is 0 Å². The maximum atomic E-state index is 11.2. The first-order valence-electron chi connectivity index (χ1n) is 10.9. The molecule has 1 unspecified atom stereocenters. The van der Waals surface area contributed by atoms with Crippen LogP contribution in [0.4, 0.5) is 0 Å². The number of halogens is 1. The van der Waals surface area contributed by atoms with Crippen LogP contribution in [0.5, 0.6) is 0 Å². The average molecular weight is 508 g/mol. The highest BCUT2D eigenvalue weighted by atomic mass is 127. The molecule has 2 fully saturated rings. The van der Waals surface area contributed by atoms with Gasteiger partial charge in [0.2, 0.25) is 5.91 Å². The lowest BCUT2D eigenvalue weighted by molar-refractivity contribution is -0.123. The second-order valence-corrected chi connectivity index (χ2v) is 8.79. The second kappa shape index (κ2) is 12.9. The quantitative estimate of drug-likeness (QED) is 0.229. The molecule has 0 bridgehead atoms. The van der Waals surface area contributed by atoms with Crippen LogP contribution in [0, 0.1) is 11.3 Å². The number of piperidine rings is 2. The number of amides is 1. The Labute approximate surface area is 189 Å². The minimum Gasteiger partial charge on any atom is -0.369 e. The smallest absolute Gasteiger partial charge is 0.220 e. The van der Waals surface area contributed by atoms with Gasteiger partial charge in [0.15, 0.2) is 5.96 Å². The summed E-state index contributed by atoms with van der Waals surface area (Å²) in [5.74, 6) is 1.03. The van der Waals surface area contributed by atoms with Gasteiger partial charge >= 0.3 is 0 Å². The monoisotopic (exact) mass is 507 g/mol. The number of carbonyl (C=O) groups excluding carboxylic acids is 1. The molecule has 3 N–H and O–H groups in total. The molecule has 0 aliphatic carbocycles. The lowest BCUT2D eigenvalue weighted by Crippen LogP contribution is -2.50. The molecule has 0 saturated carbocycles. The summed E-state index contributed by atoms with van der Waals surface area (Å²) in [5, 5.41) is 3.57. The Kier molecular flexibility index (Phi) is 11.7. The summed E-state index contributed by atoms with van der Waals surface area (Å²) < 4.78 is 0. The van der Waals surface area contributed by atoms with Crippen molar-refractivity contribution in [2.24, 2.45) is 22.1 Å². The number of nitrogens with two attached hydrogens (primary N) is 1. The topological polar surface area (TPSA) is 74.0 Å². The number of aliphatic imine (C=N–C) groups is 1. The van der Waals surface area contributed by atoms with E-state index in [1.165, 1.54) is 32.1 Å². The van der Waals surface area contributed by atoms with Crippen molar-refractivity contribution in [3.63, 3.8) is 0 Å². The van der Waals surface area contributed by atoms with Gasteiger partial charge in [-0.25, -0.2) is 0 Å². The van der Waals surface area contributed by atoms with Crippen molar-refractivity contribution in [2.75, 3.05) is 46.3 Å². The Morgan fingerprint density at radius 1 is 1.25 bits per heavy atom. The molecule has 0 spiro atoms. The van der Waals surface area contributed by atoms with E-state index in [1.807, 2.05) is 7.05 Å². The fraction of sp³-hybridized carbons (Fsp3) is 0.905. The second-order valence-electron chi connectivity index (χ2n) is 8.79. The van der Waals surface area contributed by atoms with Gasteiger partial charge in [-0.3, -0.25) is 9.79 Å². The molecule has 2 aliphatic rings. The molecule has 0 aromatic heterocycles. The van der Waals surface area contributed by atoms with Crippen molar-refractivity contribution in [3.8, 4) is 0 Å². The molecule has 6 nitrogen and oxygen atoms in total. The minimum absolute atomic E-state index is 0. The van der Waals surface area contributed by atoms with Crippen LogP contribution >= 0.6 is 24.0 Å². The fourth-order valence-corrected chi connectivity index (χ4v) is 4.74. The Morgan fingerprint density at radius 3 is 2.57 bits per heavy atom. The Morgan fingerprint density at radius 2 is 1.96 bits per heavy atom. The first kappa shape index (κ1) is 25.5. The number of rotatable bonds is 8. The van der Waals surface area contributed by atoms with Gasteiger partial charge in [0.1, 0.15) is 0 Å². The summed E-state index contributed by atoms with van der Waals surface area (Å²) in [4.78, 5) is 20.7. The van der Waals surface area contributed by atoms with Crippen LogP contribution in [-0.4, -0.2) is 68.0 Å². The number of hydrogen-bond acceptors (Lipinski definition) is 3. The molecular weight excluding hydrogens is 465 g/mol. The third-order valence-electron chi connectivity index (χ3n) is 6.32. The van der Waals surface area contributed by atoms with E-state index in [-0.39, 0.29) is 35.8 Å². The largest absolute Gasteiger partial charge is 0.369 e. The molecule has 164 valence electrons. The first-order valence-corrected chi connectivity index (χ1v) is 10.9. The lowest BCUT2D eigenvalue weighted by Gasteiger charge is -2.42. The molecule has 2 rings (SSSR count). The number of unbranched alkanes of at least 4 members (excludes halogenated alkanes) is 1. The Hall–Kier alpha value is -0.570. The first-order chi connectivity index (χ1) is 13.0. The third kappa shape index (κ3) is 8.05. The lowest BCUT2D eigenvalue weighted by atomic mass is 9.78. The average Bonchev–Trinajstić information content (AvgIpc) is 2.65. The van der Waals surface area contributed by atoms with Crippen LogP contribution in [0.15, 0.2) is 4.99 Å². The standard InChI is InChI=1S/C21H41N5O.HI/c1-4-10-21(2)11-7-14-26(17-21)20(23-3)24-12-5-6-13-25-15-8-18(9-16-25)19(22)27;/h18H,4-17H2,1-3H3,(H2,22,27)(H,23,24);1H. The van der Waals surface area contributed by atoms with Crippen LogP contribution < -0.4 is 11.1 Å². The molecule has 0 aromatic carbocycles. The molecule has 2 aliphatic heterocycles. The SMILES string of the molecule is CCCC1(C)CCCN(C(=NC)NCCCCN2CCC(C(N)=O)CC2)C1.I. The van der Waals surface area contributed by atoms with E-state index >= 15 is 0 Å². The van der Waals surface area contributed by atoms with Crippen molar-refractivity contribution in [1.82, 2.24) is 15.1 Å². The number of primary amides is 1. The molecule has 28 heavy (non-hydrogen) atoms. The van der Waals surface area contributed by atoms with Crippen molar-refractivity contribution < 1.29 is 4.79 Å². The molecular formula is C21H42IN5O. The van der Waals surface area contributed by atoms with Crippen LogP contribution in [0.2, 0.25) is 0 Å². The fourth-order valence-electron chi connectivity index (χ4n) is 4.74. The van der Waals surface area contributed by atoms with Crippen LogP contribution in [-0.2, 0) is 4.79 Å². The van der Waals surface area contributed by atoms with Crippen LogP contribution in [0.25, 0.3) is 0 Å². The molecule has 0 aromatic rings. The number of carbonyl (C=O) groups is 1. The number of guanidine groups is 1. The maximum Gasteiger partial charge on any atom is 0.220 e. The van der Waals surface area contributed by atoms with Gasteiger partial charge in [0.05, 0.1) is 0 Å². The number of hydrogen-bond donors (Lipinski definition) is 2. The maximum absolute atomic E-state index is 11.2. The van der Waals surface area contributed by atoms with Gasteiger partial charge in [0, 0.05) is 32.6 Å².